The third kappa shape index (κ3) is 4.13. The second-order valence-electron chi connectivity index (χ2n) is 6.89. The molecule has 0 unspecified atom stereocenters. The van der Waals surface area contributed by atoms with Crippen molar-refractivity contribution >= 4 is 23.1 Å². The predicted molar refractivity (Wildman–Crippen MR) is 104 cm³/mol. The van der Waals surface area contributed by atoms with Crippen LogP contribution < -0.4 is 9.80 Å². The van der Waals surface area contributed by atoms with Crippen molar-refractivity contribution in [1.82, 2.24) is 19.9 Å². The average Bonchev–Trinajstić information content (AvgIpc) is 3.07. The van der Waals surface area contributed by atoms with Gasteiger partial charge in [0.15, 0.2) is 0 Å². The van der Waals surface area contributed by atoms with Crippen molar-refractivity contribution in [3.63, 3.8) is 0 Å². The van der Waals surface area contributed by atoms with Crippen molar-refractivity contribution < 1.29 is 4.74 Å². The van der Waals surface area contributed by atoms with Crippen molar-refractivity contribution in [2.24, 2.45) is 0 Å². The van der Waals surface area contributed by atoms with E-state index in [2.05, 4.69) is 50.0 Å². The molecular formula is C18H26N6OS. The van der Waals surface area contributed by atoms with Crippen molar-refractivity contribution in [2.45, 2.75) is 20.4 Å². The Balaban J connectivity index is 1.39. The van der Waals surface area contributed by atoms with Gasteiger partial charge in [-0.15, -0.1) is 11.3 Å². The number of hydrogen-bond donors (Lipinski definition) is 0. The fourth-order valence-corrected chi connectivity index (χ4v) is 4.05. The Morgan fingerprint density at radius 3 is 2.42 bits per heavy atom. The zero-order valence-electron chi connectivity index (χ0n) is 15.5. The second-order valence-corrected chi connectivity index (χ2v) is 7.95. The lowest BCUT2D eigenvalue weighted by molar-refractivity contribution is 0.122. The number of morpholine rings is 1. The van der Waals surface area contributed by atoms with Gasteiger partial charge in [-0.2, -0.15) is 4.98 Å². The Labute approximate surface area is 158 Å². The summed E-state index contributed by atoms with van der Waals surface area (Å²) in [4.78, 5) is 21.1. The van der Waals surface area contributed by atoms with Crippen molar-refractivity contribution in [3.8, 4) is 0 Å². The fourth-order valence-electron chi connectivity index (χ4n) is 3.45. The minimum atomic E-state index is 0.751. The van der Waals surface area contributed by atoms with Gasteiger partial charge in [-0.3, -0.25) is 4.90 Å². The van der Waals surface area contributed by atoms with Crippen LogP contribution in [0.15, 0.2) is 11.4 Å². The zero-order chi connectivity index (χ0) is 17.9. The Morgan fingerprint density at radius 1 is 0.962 bits per heavy atom. The first kappa shape index (κ1) is 17.6. The number of aryl methyl sites for hydroxylation is 2. The Morgan fingerprint density at radius 2 is 1.73 bits per heavy atom. The molecule has 140 valence electrons. The van der Waals surface area contributed by atoms with Gasteiger partial charge in [-0.1, -0.05) is 0 Å². The van der Waals surface area contributed by atoms with Gasteiger partial charge in [0.1, 0.15) is 5.82 Å². The number of hydrogen-bond acceptors (Lipinski definition) is 8. The summed E-state index contributed by atoms with van der Waals surface area (Å²) in [5.74, 6) is 1.88. The molecular weight excluding hydrogens is 348 g/mol. The molecule has 8 heteroatoms. The molecule has 0 radical (unpaired) electrons. The van der Waals surface area contributed by atoms with Gasteiger partial charge in [0.2, 0.25) is 5.95 Å². The summed E-state index contributed by atoms with van der Waals surface area (Å²) < 4.78 is 5.44. The van der Waals surface area contributed by atoms with Crippen molar-refractivity contribution in [1.29, 1.82) is 0 Å². The highest BCUT2D eigenvalue weighted by Gasteiger charge is 2.21. The van der Waals surface area contributed by atoms with Crippen LogP contribution in [0.1, 0.15) is 16.4 Å². The molecule has 4 heterocycles. The van der Waals surface area contributed by atoms with E-state index in [0.717, 1.165) is 81.5 Å². The molecule has 0 bridgehead atoms. The van der Waals surface area contributed by atoms with Crippen molar-refractivity contribution in [3.05, 3.63) is 27.8 Å². The lowest BCUT2D eigenvalue weighted by Gasteiger charge is -2.35. The van der Waals surface area contributed by atoms with E-state index < -0.39 is 0 Å². The summed E-state index contributed by atoms with van der Waals surface area (Å²) in [6.45, 7) is 12.3. The molecule has 2 aliphatic rings. The number of anilines is 2. The molecule has 7 nitrogen and oxygen atoms in total. The molecule has 0 aliphatic carbocycles. The Kier molecular flexibility index (Phi) is 5.33. The van der Waals surface area contributed by atoms with Crippen LogP contribution in [0.3, 0.4) is 0 Å². The van der Waals surface area contributed by atoms with Gasteiger partial charge in [0, 0.05) is 63.0 Å². The Bertz CT molecular complexity index is 737. The van der Waals surface area contributed by atoms with Crippen LogP contribution in [0.4, 0.5) is 11.8 Å². The average molecular weight is 375 g/mol. The topological polar surface area (TPSA) is 57.6 Å². The monoisotopic (exact) mass is 374 g/mol. The minimum Gasteiger partial charge on any atom is -0.378 e. The third-order valence-corrected chi connectivity index (χ3v) is 5.69. The largest absolute Gasteiger partial charge is 0.378 e. The standard InChI is InChI=1S/C18H26N6OS/c1-14-11-17(21-18(19-14)24-7-9-25-10-8-24)23-5-3-22(4-6-23)12-16-13-26-15(2)20-16/h11,13H,3-10,12H2,1-2H3. The number of rotatable bonds is 4. The quantitative estimate of drug-likeness (QED) is 0.807. The number of piperazine rings is 1. The second kappa shape index (κ2) is 7.85. The molecule has 0 N–H and O–H groups in total. The first-order valence-corrected chi connectivity index (χ1v) is 10.1. The van der Waals surface area contributed by atoms with Gasteiger partial charge >= 0.3 is 0 Å². The molecule has 2 aromatic rings. The number of ether oxygens (including phenoxy) is 1. The maximum Gasteiger partial charge on any atom is 0.227 e. The highest BCUT2D eigenvalue weighted by Crippen LogP contribution is 2.20. The maximum absolute atomic E-state index is 5.44. The van der Waals surface area contributed by atoms with E-state index in [4.69, 9.17) is 9.72 Å². The molecule has 0 saturated carbocycles. The number of nitrogens with zero attached hydrogens (tertiary/aromatic N) is 6. The smallest absolute Gasteiger partial charge is 0.227 e. The molecule has 2 saturated heterocycles. The van der Waals surface area contributed by atoms with Crippen LogP contribution in [-0.4, -0.2) is 72.3 Å². The van der Waals surface area contributed by atoms with E-state index in [1.54, 1.807) is 11.3 Å². The summed E-state index contributed by atoms with van der Waals surface area (Å²) >= 11 is 1.73. The van der Waals surface area contributed by atoms with Gasteiger partial charge in [-0.05, 0) is 13.8 Å². The molecule has 4 rings (SSSR count). The maximum atomic E-state index is 5.44. The lowest BCUT2D eigenvalue weighted by atomic mass is 10.3. The molecule has 0 aromatic carbocycles. The summed E-state index contributed by atoms with van der Waals surface area (Å²) in [6.07, 6.45) is 0. The predicted octanol–water partition coefficient (Wildman–Crippen LogP) is 1.71. The van der Waals surface area contributed by atoms with Gasteiger partial charge in [-0.25, -0.2) is 9.97 Å². The van der Waals surface area contributed by atoms with Gasteiger partial charge in [0.25, 0.3) is 0 Å². The van der Waals surface area contributed by atoms with Crippen molar-refractivity contribution in [2.75, 3.05) is 62.3 Å². The zero-order valence-corrected chi connectivity index (χ0v) is 16.3. The number of aromatic nitrogens is 3. The molecule has 26 heavy (non-hydrogen) atoms. The highest BCUT2D eigenvalue weighted by molar-refractivity contribution is 7.09. The molecule has 2 fully saturated rings. The first-order valence-electron chi connectivity index (χ1n) is 9.24. The van der Waals surface area contributed by atoms with Crippen LogP contribution in [0, 0.1) is 13.8 Å². The molecule has 2 aliphatic heterocycles. The molecule has 0 spiro atoms. The van der Waals surface area contributed by atoms with E-state index >= 15 is 0 Å². The molecule has 0 amide bonds. The van der Waals surface area contributed by atoms with Gasteiger partial charge in [0.05, 0.1) is 23.9 Å². The van der Waals surface area contributed by atoms with E-state index in [-0.39, 0.29) is 0 Å². The van der Waals surface area contributed by atoms with E-state index in [1.807, 2.05) is 0 Å². The summed E-state index contributed by atoms with van der Waals surface area (Å²) in [7, 11) is 0. The first-order chi connectivity index (χ1) is 12.7. The van der Waals surface area contributed by atoms with Crippen LogP contribution in [-0.2, 0) is 11.3 Å². The lowest BCUT2D eigenvalue weighted by Crippen LogP contribution is -2.46. The van der Waals surface area contributed by atoms with E-state index in [1.165, 1.54) is 5.69 Å². The summed E-state index contributed by atoms with van der Waals surface area (Å²) in [5, 5.41) is 3.31. The van der Waals surface area contributed by atoms with E-state index in [0.29, 0.717) is 0 Å². The number of thiazole rings is 1. The van der Waals surface area contributed by atoms with E-state index in [9.17, 15) is 0 Å². The van der Waals surface area contributed by atoms with Crippen LogP contribution in [0.5, 0.6) is 0 Å². The highest BCUT2D eigenvalue weighted by atomic mass is 32.1. The normalized spacial score (nSPS) is 19.2. The molecule has 0 atom stereocenters. The summed E-state index contributed by atoms with van der Waals surface area (Å²) in [6, 6.07) is 2.10. The van der Waals surface area contributed by atoms with Gasteiger partial charge < -0.3 is 14.5 Å². The fraction of sp³-hybridized carbons (Fsp3) is 0.611. The molecule has 2 aromatic heterocycles. The van der Waals surface area contributed by atoms with Crippen LogP contribution >= 0.6 is 11.3 Å². The Hall–Kier alpha value is -1.77. The summed E-state index contributed by atoms with van der Waals surface area (Å²) in [5.41, 5.74) is 2.21. The third-order valence-electron chi connectivity index (χ3n) is 4.87. The van der Waals surface area contributed by atoms with Crippen LogP contribution in [0.2, 0.25) is 0 Å². The SMILES string of the molecule is Cc1cc(N2CCN(Cc3csc(C)n3)CC2)nc(N2CCOCC2)n1. The van der Waals surface area contributed by atoms with Crippen LogP contribution in [0.25, 0.3) is 0 Å². The minimum absolute atomic E-state index is 0.751.